The maximum Gasteiger partial charge on any atom is 0.211 e. The zero-order chi connectivity index (χ0) is 15.1. The van der Waals surface area contributed by atoms with Crippen LogP contribution in [-0.2, 0) is 10.0 Å². The van der Waals surface area contributed by atoms with E-state index < -0.39 is 21.7 Å². The van der Waals surface area contributed by atoms with Crippen molar-refractivity contribution in [2.24, 2.45) is 0 Å². The molecule has 0 spiro atoms. The van der Waals surface area contributed by atoms with Crippen LogP contribution in [0.3, 0.4) is 0 Å². The third kappa shape index (κ3) is 2.96. The highest BCUT2D eigenvalue weighted by atomic mass is 32.2. The van der Waals surface area contributed by atoms with Crippen LogP contribution in [0.25, 0.3) is 0 Å². The summed E-state index contributed by atoms with van der Waals surface area (Å²) in [5.74, 6) is 0.163. The second-order valence-electron chi connectivity index (χ2n) is 5.73. The summed E-state index contributed by atoms with van der Waals surface area (Å²) in [7, 11) is -3.37. The summed E-state index contributed by atoms with van der Waals surface area (Å²) in [4.78, 5) is 0. The van der Waals surface area contributed by atoms with E-state index in [1.165, 1.54) is 22.7 Å². The molecule has 1 heterocycles. The number of nitrogens with zero attached hydrogens (tertiary/aromatic N) is 1. The zero-order valence-corrected chi connectivity index (χ0v) is 13.0. The Morgan fingerprint density at radius 3 is 2.65 bits per heavy atom. The molecule has 112 valence electrons. The Morgan fingerprint density at radius 2 is 2.10 bits per heavy atom. The molecule has 20 heavy (non-hydrogen) atoms. The summed E-state index contributed by atoms with van der Waals surface area (Å²) >= 11 is 0. The van der Waals surface area contributed by atoms with Gasteiger partial charge in [-0.15, -0.1) is 0 Å². The lowest BCUT2D eigenvalue weighted by Crippen LogP contribution is -2.43. The number of halogens is 1. The highest BCUT2D eigenvalue weighted by Crippen LogP contribution is 2.43. The quantitative estimate of drug-likeness (QED) is 0.862. The van der Waals surface area contributed by atoms with Crippen molar-refractivity contribution >= 4 is 10.0 Å². The lowest BCUT2D eigenvalue weighted by atomic mass is 9.89. The summed E-state index contributed by atoms with van der Waals surface area (Å²) in [5, 5.41) is 0. The van der Waals surface area contributed by atoms with E-state index in [0.29, 0.717) is 24.3 Å². The van der Waals surface area contributed by atoms with Gasteiger partial charge in [-0.25, -0.2) is 12.8 Å². The number of sulfonamides is 1. The molecular weight excluding hydrogens is 281 g/mol. The normalized spacial score (nSPS) is 21.4. The van der Waals surface area contributed by atoms with E-state index >= 15 is 0 Å². The standard InChI is InChI=1S/C14H20FNO3S/c1-5-16(20(4,17)18)12-9-14(2,3)19-13-7-6-10(15)8-11(12)13/h6-8,12H,5,9H2,1-4H3. The average Bonchev–Trinajstić information content (AvgIpc) is 2.28. The molecule has 0 aliphatic carbocycles. The Bertz CT molecular complexity index is 613. The van der Waals surface area contributed by atoms with Gasteiger partial charge >= 0.3 is 0 Å². The van der Waals surface area contributed by atoms with Crippen LogP contribution in [0.15, 0.2) is 18.2 Å². The van der Waals surface area contributed by atoms with Crippen molar-refractivity contribution in [3.63, 3.8) is 0 Å². The number of hydrogen-bond acceptors (Lipinski definition) is 3. The van der Waals surface area contributed by atoms with Gasteiger partial charge in [0.25, 0.3) is 0 Å². The Labute approximate surface area is 119 Å². The van der Waals surface area contributed by atoms with Gasteiger partial charge in [0.05, 0.1) is 12.3 Å². The molecule has 1 aliphatic heterocycles. The zero-order valence-electron chi connectivity index (χ0n) is 12.2. The fourth-order valence-corrected chi connectivity index (χ4v) is 3.85. The maximum absolute atomic E-state index is 13.5. The van der Waals surface area contributed by atoms with E-state index in [4.69, 9.17) is 4.74 Å². The van der Waals surface area contributed by atoms with E-state index in [-0.39, 0.29) is 5.82 Å². The van der Waals surface area contributed by atoms with Crippen LogP contribution in [0.4, 0.5) is 4.39 Å². The molecule has 1 unspecified atom stereocenters. The molecule has 0 aromatic heterocycles. The molecule has 0 radical (unpaired) electrons. The molecule has 0 N–H and O–H groups in total. The van der Waals surface area contributed by atoms with Crippen LogP contribution < -0.4 is 4.74 Å². The first-order chi connectivity index (χ1) is 9.14. The predicted molar refractivity (Wildman–Crippen MR) is 75.7 cm³/mol. The van der Waals surface area contributed by atoms with Crippen molar-refractivity contribution in [3.8, 4) is 5.75 Å². The molecule has 0 saturated heterocycles. The van der Waals surface area contributed by atoms with Crippen LogP contribution in [0, 0.1) is 5.82 Å². The topological polar surface area (TPSA) is 46.6 Å². The van der Waals surface area contributed by atoms with Crippen LogP contribution in [0.5, 0.6) is 5.75 Å². The first-order valence-corrected chi connectivity index (χ1v) is 8.44. The lowest BCUT2D eigenvalue weighted by Gasteiger charge is -2.41. The van der Waals surface area contributed by atoms with Crippen LogP contribution in [0.2, 0.25) is 0 Å². The molecule has 6 heteroatoms. The van der Waals surface area contributed by atoms with Gasteiger partial charge in [-0.05, 0) is 32.0 Å². The SMILES string of the molecule is CCN(C1CC(C)(C)Oc2ccc(F)cc21)S(C)(=O)=O. The van der Waals surface area contributed by atoms with Gasteiger partial charge in [0.2, 0.25) is 10.0 Å². The Morgan fingerprint density at radius 1 is 1.45 bits per heavy atom. The summed E-state index contributed by atoms with van der Waals surface area (Å²) < 4.78 is 44.6. The molecule has 0 fully saturated rings. The van der Waals surface area contributed by atoms with Crippen LogP contribution in [-0.4, -0.2) is 31.1 Å². The molecule has 0 saturated carbocycles. The van der Waals surface area contributed by atoms with Gasteiger partial charge in [0, 0.05) is 18.5 Å². The van der Waals surface area contributed by atoms with Crippen molar-refractivity contribution in [1.29, 1.82) is 0 Å². The first kappa shape index (κ1) is 15.3. The molecule has 1 aliphatic rings. The molecule has 0 amide bonds. The highest BCUT2D eigenvalue weighted by molar-refractivity contribution is 7.88. The van der Waals surface area contributed by atoms with Gasteiger partial charge in [0.1, 0.15) is 17.2 Å². The summed E-state index contributed by atoms with van der Waals surface area (Å²) in [6.07, 6.45) is 1.67. The fraction of sp³-hybridized carbons (Fsp3) is 0.571. The largest absolute Gasteiger partial charge is 0.487 e. The van der Waals surface area contributed by atoms with Gasteiger partial charge in [-0.1, -0.05) is 6.92 Å². The van der Waals surface area contributed by atoms with Crippen LogP contribution in [0.1, 0.15) is 38.8 Å². The van der Waals surface area contributed by atoms with Gasteiger partial charge in [0.15, 0.2) is 0 Å². The predicted octanol–water partition coefficient (Wildman–Crippen LogP) is 2.71. The van der Waals surface area contributed by atoms with Crippen molar-refractivity contribution in [2.75, 3.05) is 12.8 Å². The highest BCUT2D eigenvalue weighted by Gasteiger charge is 2.39. The number of rotatable bonds is 3. The third-order valence-corrected chi connectivity index (χ3v) is 4.85. The third-order valence-electron chi connectivity index (χ3n) is 3.49. The number of fused-ring (bicyclic) bond motifs is 1. The monoisotopic (exact) mass is 301 g/mol. The van der Waals surface area contributed by atoms with Crippen molar-refractivity contribution in [3.05, 3.63) is 29.6 Å². The summed E-state index contributed by atoms with van der Waals surface area (Å²) in [6, 6.07) is 3.86. The molecular formula is C14H20FNO3S. The average molecular weight is 301 g/mol. The van der Waals surface area contributed by atoms with Gasteiger partial charge in [-0.2, -0.15) is 4.31 Å². The molecule has 2 rings (SSSR count). The van der Waals surface area contributed by atoms with Crippen molar-refractivity contribution in [2.45, 2.75) is 38.8 Å². The number of hydrogen-bond donors (Lipinski definition) is 0. The minimum absolute atomic E-state index is 0.343. The summed E-state index contributed by atoms with van der Waals surface area (Å²) in [6.45, 7) is 5.93. The number of ether oxygens (including phenoxy) is 1. The molecule has 1 atom stereocenters. The van der Waals surface area contributed by atoms with Gasteiger partial charge in [-0.3, -0.25) is 0 Å². The minimum Gasteiger partial charge on any atom is -0.487 e. The van der Waals surface area contributed by atoms with E-state index in [0.717, 1.165) is 0 Å². The Balaban J connectivity index is 2.56. The van der Waals surface area contributed by atoms with E-state index in [1.54, 1.807) is 13.0 Å². The Hall–Kier alpha value is -1.14. The Kier molecular flexibility index (Phi) is 3.81. The number of benzene rings is 1. The van der Waals surface area contributed by atoms with Crippen molar-refractivity contribution in [1.82, 2.24) is 4.31 Å². The first-order valence-electron chi connectivity index (χ1n) is 6.59. The lowest BCUT2D eigenvalue weighted by molar-refractivity contribution is 0.0510. The smallest absolute Gasteiger partial charge is 0.211 e. The molecule has 4 nitrogen and oxygen atoms in total. The van der Waals surface area contributed by atoms with E-state index in [2.05, 4.69) is 0 Å². The molecule has 0 bridgehead atoms. The van der Waals surface area contributed by atoms with Gasteiger partial charge < -0.3 is 4.74 Å². The second-order valence-corrected chi connectivity index (χ2v) is 7.67. The molecule has 1 aromatic rings. The second kappa shape index (κ2) is 5.00. The summed E-state index contributed by atoms with van der Waals surface area (Å²) in [5.41, 5.74) is 0.102. The van der Waals surface area contributed by atoms with Crippen molar-refractivity contribution < 1.29 is 17.5 Å². The fourth-order valence-electron chi connectivity index (χ4n) is 2.73. The van der Waals surface area contributed by atoms with E-state index in [1.807, 2.05) is 13.8 Å². The maximum atomic E-state index is 13.5. The minimum atomic E-state index is -3.37. The van der Waals surface area contributed by atoms with Crippen LogP contribution >= 0.6 is 0 Å². The van der Waals surface area contributed by atoms with E-state index in [9.17, 15) is 12.8 Å². The molecule has 1 aromatic carbocycles.